The van der Waals surface area contributed by atoms with Gasteiger partial charge in [-0.05, 0) is 49.1 Å². The van der Waals surface area contributed by atoms with Crippen LogP contribution in [0.3, 0.4) is 0 Å². The molecule has 0 saturated heterocycles. The zero-order valence-electron chi connectivity index (χ0n) is 21.2. The molecule has 2 aromatic carbocycles. The van der Waals surface area contributed by atoms with E-state index >= 15 is 0 Å². The number of aromatic nitrogens is 3. The number of amidine groups is 1. The number of hydrogen-bond acceptors (Lipinski definition) is 5. The van der Waals surface area contributed by atoms with Gasteiger partial charge in [0.05, 0.1) is 17.6 Å². The molecule has 0 saturated carbocycles. The van der Waals surface area contributed by atoms with Crippen molar-refractivity contribution in [2.75, 3.05) is 25.9 Å². The molecule has 0 spiro atoms. The SMILES string of the molecule is C#C.CCCCc1ccccc1.Cc1cc(C2=NCCN2C)cc2[nH]c(-c3c(N)cc[nH]c3=O)nc12. The fourth-order valence-corrected chi connectivity index (χ4v) is 4.15. The fourth-order valence-electron chi connectivity index (χ4n) is 4.15. The number of aliphatic imine (C=N–C) groups is 1. The number of anilines is 1. The predicted octanol–water partition coefficient (Wildman–Crippen LogP) is 4.78. The van der Waals surface area contributed by atoms with Crippen molar-refractivity contribution in [1.82, 2.24) is 19.9 Å². The molecular weight excluding hydrogens is 448 g/mol. The summed E-state index contributed by atoms with van der Waals surface area (Å²) in [6.45, 7) is 5.97. The minimum Gasteiger partial charge on any atom is -0.398 e. The number of benzene rings is 2. The Morgan fingerprint density at radius 1 is 1.14 bits per heavy atom. The minimum absolute atomic E-state index is 0.258. The summed E-state index contributed by atoms with van der Waals surface area (Å²) in [5.41, 5.74) is 11.7. The third kappa shape index (κ3) is 6.02. The average molecular weight is 483 g/mol. The lowest BCUT2D eigenvalue weighted by molar-refractivity contribution is 0.557. The minimum atomic E-state index is -0.258. The van der Waals surface area contributed by atoms with E-state index < -0.39 is 0 Å². The van der Waals surface area contributed by atoms with Crippen molar-refractivity contribution < 1.29 is 0 Å². The second-order valence-electron chi connectivity index (χ2n) is 8.63. The normalized spacial score (nSPS) is 12.4. The summed E-state index contributed by atoms with van der Waals surface area (Å²) in [4.78, 5) is 29.2. The van der Waals surface area contributed by atoms with Crippen LogP contribution >= 0.6 is 0 Å². The standard InChI is InChI=1S/C17H18N6O.C10H14.C2H2/c1-9-7-10(16-19-5-6-23(16)2)8-12-14(9)22-15(21-12)13-11(18)3-4-20-17(13)24;1-2-3-7-10-8-5-4-6-9-10;1-2/h3-4,7-8H,5-6H2,1-2H3,(H,21,22)(H3,18,20,24);4-6,8-9H,2-3,7H2,1H3;1-2H. The van der Waals surface area contributed by atoms with Crippen LogP contribution in [-0.4, -0.2) is 45.8 Å². The van der Waals surface area contributed by atoms with Crippen LogP contribution in [0.25, 0.3) is 22.4 Å². The number of likely N-dealkylation sites (N-methyl/N-ethyl adjacent to an activating group) is 1. The van der Waals surface area contributed by atoms with E-state index in [1.807, 2.05) is 20.0 Å². The Hall–Kier alpha value is -4.31. The first-order valence-electron chi connectivity index (χ1n) is 12.1. The Bertz CT molecular complexity index is 1400. The molecule has 0 radical (unpaired) electrons. The molecule has 3 heterocycles. The number of terminal acetylenes is 1. The Kier molecular flexibility index (Phi) is 9.07. The van der Waals surface area contributed by atoms with Gasteiger partial charge in [-0.1, -0.05) is 43.7 Å². The van der Waals surface area contributed by atoms with E-state index in [0.29, 0.717) is 17.1 Å². The van der Waals surface area contributed by atoms with Gasteiger partial charge in [-0.2, -0.15) is 0 Å². The number of nitrogens with one attached hydrogen (secondary N) is 2. The highest BCUT2D eigenvalue weighted by atomic mass is 16.1. The highest BCUT2D eigenvalue weighted by Gasteiger charge is 2.18. The highest BCUT2D eigenvalue weighted by molar-refractivity contribution is 6.02. The number of rotatable bonds is 5. The van der Waals surface area contributed by atoms with Crippen molar-refractivity contribution in [2.24, 2.45) is 4.99 Å². The summed E-state index contributed by atoms with van der Waals surface area (Å²) < 4.78 is 0. The van der Waals surface area contributed by atoms with Gasteiger partial charge in [0.1, 0.15) is 17.2 Å². The fraction of sp³-hybridized carbons (Fsp3) is 0.276. The summed E-state index contributed by atoms with van der Waals surface area (Å²) in [5.74, 6) is 1.46. The number of fused-ring (bicyclic) bond motifs is 1. The summed E-state index contributed by atoms with van der Waals surface area (Å²) in [7, 11) is 2.04. The monoisotopic (exact) mass is 482 g/mol. The molecule has 0 aliphatic carbocycles. The van der Waals surface area contributed by atoms with Crippen LogP contribution in [0.5, 0.6) is 0 Å². The van der Waals surface area contributed by atoms with Crippen molar-refractivity contribution in [3.05, 3.63) is 81.8 Å². The lowest BCUT2D eigenvalue weighted by Gasteiger charge is -2.14. The molecule has 0 amide bonds. The molecular formula is C29H34N6O. The number of nitrogens with zero attached hydrogens (tertiary/aromatic N) is 3. The highest BCUT2D eigenvalue weighted by Crippen LogP contribution is 2.26. The Labute approximate surface area is 212 Å². The van der Waals surface area contributed by atoms with E-state index in [9.17, 15) is 4.79 Å². The molecule has 1 aliphatic heterocycles. The zero-order valence-corrected chi connectivity index (χ0v) is 21.2. The van der Waals surface area contributed by atoms with Gasteiger partial charge in [-0.25, -0.2) is 4.98 Å². The molecule has 4 aromatic rings. The lowest BCUT2D eigenvalue weighted by Crippen LogP contribution is -2.23. The average Bonchev–Trinajstić information content (AvgIpc) is 3.51. The number of imidazole rings is 1. The first kappa shape index (κ1) is 26.3. The predicted molar refractivity (Wildman–Crippen MR) is 150 cm³/mol. The van der Waals surface area contributed by atoms with Crippen LogP contribution in [-0.2, 0) is 6.42 Å². The van der Waals surface area contributed by atoms with Crippen LogP contribution in [0.15, 0.2) is 64.5 Å². The van der Waals surface area contributed by atoms with Gasteiger partial charge < -0.3 is 20.6 Å². The largest absolute Gasteiger partial charge is 0.398 e. The van der Waals surface area contributed by atoms with Gasteiger partial charge >= 0.3 is 0 Å². The summed E-state index contributed by atoms with van der Waals surface area (Å²) in [6, 6.07) is 16.4. The van der Waals surface area contributed by atoms with Gasteiger partial charge in [0.15, 0.2) is 0 Å². The van der Waals surface area contributed by atoms with Crippen molar-refractivity contribution in [1.29, 1.82) is 0 Å². The molecule has 0 unspecified atom stereocenters. The zero-order chi connectivity index (χ0) is 26.1. The molecule has 7 heteroatoms. The van der Waals surface area contributed by atoms with Gasteiger partial charge in [0, 0.05) is 31.0 Å². The Balaban J connectivity index is 0.000000253. The molecule has 0 bridgehead atoms. The van der Waals surface area contributed by atoms with Crippen molar-refractivity contribution in [3.63, 3.8) is 0 Å². The maximum absolute atomic E-state index is 12.1. The molecule has 0 fully saturated rings. The second-order valence-corrected chi connectivity index (χ2v) is 8.63. The lowest BCUT2D eigenvalue weighted by atomic mass is 10.1. The number of aryl methyl sites for hydroxylation is 2. The first-order valence-corrected chi connectivity index (χ1v) is 12.1. The molecule has 5 rings (SSSR count). The van der Waals surface area contributed by atoms with E-state index in [0.717, 1.165) is 41.1 Å². The van der Waals surface area contributed by atoms with E-state index in [-0.39, 0.29) is 5.56 Å². The number of hydrogen-bond donors (Lipinski definition) is 3. The van der Waals surface area contributed by atoms with Gasteiger partial charge in [0.25, 0.3) is 5.56 Å². The molecule has 1 aliphatic rings. The van der Waals surface area contributed by atoms with Gasteiger partial charge in [-0.15, -0.1) is 12.8 Å². The van der Waals surface area contributed by atoms with Crippen molar-refractivity contribution in [3.8, 4) is 24.2 Å². The second kappa shape index (κ2) is 12.4. The number of nitrogen functional groups attached to an aromatic ring is 1. The third-order valence-electron chi connectivity index (χ3n) is 5.99. The van der Waals surface area contributed by atoms with Crippen LogP contribution < -0.4 is 11.3 Å². The molecule has 7 nitrogen and oxygen atoms in total. The molecule has 186 valence electrons. The van der Waals surface area contributed by atoms with E-state index in [4.69, 9.17) is 5.73 Å². The van der Waals surface area contributed by atoms with Crippen LogP contribution in [0, 0.1) is 19.8 Å². The van der Waals surface area contributed by atoms with Crippen LogP contribution in [0.1, 0.15) is 36.5 Å². The van der Waals surface area contributed by atoms with Crippen molar-refractivity contribution in [2.45, 2.75) is 33.1 Å². The van der Waals surface area contributed by atoms with Gasteiger partial charge in [-0.3, -0.25) is 9.79 Å². The Morgan fingerprint density at radius 2 is 1.89 bits per heavy atom. The number of nitrogens with two attached hydrogens (primary N) is 1. The topological polar surface area (TPSA) is 103 Å². The quantitative estimate of drug-likeness (QED) is 0.356. The molecule has 4 N–H and O–H groups in total. The first-order chi connectivity index (χ1) is 17.5. The molecule has 0 atom stereocenters. The smallest absolute Gasteiger partial charge is 0.261 e. The summed E-state index contributed by atoms with van der Waals surface area (Å²) in [5, 5.41) is 0. The number of H-pyrrole nitrogens is 2. The van der Waals surface area contributed by atoms with E-state index in [2.05, 4.69) is 81.0 Å². The number of aromatic amines is 2. The Morgan fingerprint density at radius 3 is 2.53 bits per heavy atom. The van der Waals surface area contributed by atoms with Crippen LogP contribution in [0.2, 0.25) is 0 Å². The maximum Gasteiger partial charge on any atom is 0.261 e. The maximum atomic E-state index is 12.1. The van der Waals surface area contributed by atoms with Crippen molar-refractivity contribution >= 4 is 22.6 Å². The van der Waals surface area contributed by atoms with Gasteiger partial charge in [0.2, 0.25) is 0 Å². The number of pyridine rings is 1. The number of unbranched alkanes of at least 4 members (excludes halogenated alkanes) is 1. The summed E-state index contributed by atoms with van der Waals surface area (Å²) >= 11 is 0. The van der Waals surface area contributed by atoms with E-state index in [1.165, 1.54) is 31.0 Å². The molecule has 36 heavy (non-hydrogen) atoms. The third-order valence-corrected chi connectivity index (χ3v) is 5.99. The molecule has 2 aromatic heterocycles. The van der Waals surface area contributed by atoms with E-state index in [1.54, 1.807) is 6.07 Å². The summed E-state index contributed by atoms with van der Waals surface area (Å²) in [6.07, 6.45) is 13.4. The van der Waals surface area contributed by atoms with Crippen LogP contribution in [0.4, 0.5) is 5.69 Å².